The smallest absolute Gasteiger partial charge is 0.332 e. The summed E-state index contributed by atoms with van der Waals surface area (Å²) in [4.78, 5) is 10.3. The Bertz CT molecular complexity index is 153. The number of rotatable bonds is 6. The van der Waals surface area contributed by atoms with Crippen LogP contribution < -0.4 is 0 Å². The molecule has 1 N–H and O–H groups in total. The number of carboxylic acid groups (broad SMARTS) is 1. The third-order valence-corrected chi connectivity index (χ3v) is 1.80. The molecule has 0 heterocycles. The maximum absolute atomic E-state index is 10.3. The first-order chi connectivity index (χ1) is 5.70. The molecule has 70 valence electrons. The quantitative estimate of drug-likeness (QED) is 0.479. The first kappa shape index (κ1) is 9.48. The molecule has 4 nitrogen and oxygen atoms in total. The summed E-state index contributed by atoms with van der Waals surface area (Å²) in [5, 5.41) is 8.42. The highest BCUT2D eigenvalue weighted by Crippen LogP contribution is 2.28. The van der Waals surface area contributed by atoms with E-state index in [0.29, 0.717) is 12.5 Å². The fourth-order valence-electron chi connectivity index (χ4n) is 0.721. The van der Waals surface area contributed by atoms with Crippen LogP contribution in [0.2, 0.25) is 0 Å². The van der Waals surface area contributed by atoms with Gasteiger partial charge in [-0.05, 0) is 25.7 Å². The van der Waals surface area contributed by atoms with Gasteiger partial charge in [0.05, 0.1) is 6.61 Å². The van der Waals surface area contributed by atoms with Crippen LogP contribution in [0.25, 0.3) is 0 Å². The van der Waals surface area contributed by atoms with Gasteiger partial charge in [0, 0.05) is 0 Å². The van der Waals surface area contributed by atoms with Crippen molar-refractivity contribution in [2.75, 3.05) is 13.4 Å². The van der Waals surface area contributed by atoms with Crippen molar-refractivity contribution in [3.8, 4) is 0 Å². The second kappa shape index (κ2) is 4.42. The van der Waals surface area contributed by atoms with Gasteiger partial charge in [0.1, 0.15) is 6.79 Å². The summed E-state index contributed by atoms with van der Waals surface area (Å²) in [6.45, 7) is 2.28. The van der Waals surface area contributed by atoms with Crippen molar-refractivity contribution in [1.82, 2.24) is 0 Å². The molecule has 1 atom stereocenters. The van der Waals surface area contributed by atoms with E-state index in [4.69, 9.17) is 14.6 Å². The van der Waals surface area contributed by atoms with Gasteiger partial charge in [-0.3, -0.25) is 0 Å². The van der Waals surface area contributed by atoms with Crippen molar-refractivity contribution in [2.24, 2.45) is 5.92 Å². The zero-order valence-electron chi connectivity index (χ0n) is 7.16. The molecule has 0 radical (unpaired) electrons. The summed E-state index contributed by atoms with van der Waals surface area (Å²) in [6.07, 6.45) is 1.69. The van der Waals surface area contributed by atoms with Gasteiger partial charge in [-0.1, -0.05) is 0 Å². The van der Waals surface area contributed by atoms with Crippen molar-refractivity contribution >= 4 is 5.97 Å². The Morgan fingerprint density at radius 1 is 1.67 bits per heavy atom. The minimum Gasteiger partial charge on any atom is -0.479 e. The second-order valence-corrected chi connectivity index (χ2v) is 3.08. The molecule has 1 aliphatic carbocycles. The first-order valence-corrected chi connectivity index (χ1v) is 4.12. The molecule has 1 saturated carbocycles. The minimum absolute atomic E-state index is 0.0873. The molecule has 12 heavy (non-hydrogen) atoms. The van der Waals surface area contributed by atoms with Gasteiger partial charge in [-0.25, -0.2) is 4.79 Å². The Hall–Kier alpha value is -0.610. The maximum atomic E-state index is 10.3. The summed E-state index contributed by atoms with van der Waals surface area (Å²) in [7, 11) is 0. The fraction of sp³-hybridized carbons (Fsp3) is 0.875. The van der Waals surface area contributed by atoms with E-state index in [1.54, 1.807) is 0 Å². The lowest BCUT2D eigenvalue weighted by Crippen LogP contribution is -2.21. The van der Waals surface area contributed by atoms with Gasteiger partial charge in [0.2, 0.25) is 0 Å². The summed E-state index contributed by atoms with van der Waals surface area (Å²) in [5.41, 5.74) is 0. The number of carboxylic acids is 1. The third kappa shape index (κ3) is 3.69. The van der Waals surface area contributed by atoms with Crippen LogP contribution in [0, 0.1) is 5.92 Å². The Kier molecular flexibility index (Phi) is 3.49. The number of hydrogen-bond acceptors (Lipinski definition) is 3. The van der Waals surface area contributed by atoms with E-state index >= 15 is 0 Å². The Balaban J connectivity index is 1.89. The van der Waals surface area contributed by atoms with Gasteiger partial charge in [-0.2, -0.15) is 0 Å². The predicted molar refractivity (Wildman–Crippen MR) is 41.7 cm³/mol. The average Bonchev–Trinajstić information content (AvgIpc) is 2.80. The Morgan fingerprint density at radius 2 is 2.33 bits per heavy atom. The van der Waals surface area contributed by atoms with Crippen molar-refractivity contribution in [3.05, 3.63) is 0 Å². The Morgan fingerprint density at radius 3 is 2.83 bits per heavy atom. The van der Waals surface area contributed by atoms with Crippen LogP contribution in [0.1, 0.15) is 19.8 Å². The van der Waals surface area contributed by atoms with Crippen molar-refractivity contribution in [3.63, 3.8) is 0 Å². The standard InChI is InChI=1S/C8H14O4/c1-6(8(9)10)12-5-11-4-7-2-3-7/h6-7H,2-5H2,1H3,(H,9,10). The summed E-state index contributed by atoms with van der Waals surface area (Å²) in [5.74, 6) is -0.265. The van der Waals surface area contributed by atoms with E-state index in [9.17, 15) is 4.79 Å². The average molecular weight is 174 g/mol. The highest BCUT2D eigenvalue weighted by molar-refractivity contribution is 5.71. The lowest BCUT2D eigenvalue weighted by atomic mass is 10.4. The molecular weight excluding hydrogens is 160 g/mol. The zero-order chi connectivity index (χ0) is 8.97. The number of aliphatic carboxylic acids is 1. The molecule has 0 aromatic carbocycles. The van der Waals surface area contributed by atoms with E-state index in [2.05, 4.69) is 0 Å². The van der Waals surface area contributed by atoms with Crippen molar-refractivity contribution < 1.29 is 19.4 Å². The van der Waals surface area contributed by atoms with Gasteiger partial charge in [0.15, 0.2) is 6.10 Å². The molecule has 0 amide bonds. The third-order valence-electron chi connectivity index (χ3n) is 1.80. The highest BCUT2D eigenvalue weighted by atomic mass is 16.7. The van der Waals surface area contributed by atoms with E-state index in [1.807, 2.05) is 0 Å². The molecule has 1 unspecified atom stereocenters. The SMILES string of the molecule is CC(OCOCC1CC1)C(=O)O. The van der Waals surface area contributed by atoms with Gasteiger partial charge in [-0.15, -0.1) is 0 Å². The van der Waals surface area contributed by atoms with Crippen LogP contribution in [0.5, 0.6) is 0 Å². The van der Waals surface area contributed by atoms with E-state index in [1.165, 1.54) is 19.8 Å². The molecule has 0 aromatic rings. The van der Waals surface area contributed by atoms with Gasteiger partial charge >= 0.3 is 5.97 Å². The number of hydrogen-bond donors (Lipinski definition) is 1. The lowest BCUT2D eigenvalue weighted by molar-refractivity contribution is -0.159. The molecule has 1 aliphatic rings. The zero-order valence-corrected chi connectivity index (χ0v) is 7.16. The van der Waals surface area contributed by atoms with Crippen LogP contribution in [0.15, 0.2) is 0 Å². The number of ether oxygens (including phenoxy) is 2. The van der Waals surface area contributed by atoms with Crippen LogP contribution in [0.3, 0.4) is 0 Å². The molecular formula is C8H14O4. The molecule has 1 fully saturated rings. The normalized spacial score (nSPS) is 19.1. The van der Waals surface area contributed by atoms with Crippen molar-refractivity contribution in [1.29, 1.82) is 0 Å². The molecule has 0 bridgehead atoms. The fourth-order valence-corrected chi connectivity index (χ4v) is 0.721. The minimum atomic E-state index is -0.954. The number of carbonyl (C=O) groups is 1. The molecule has 1 rings (SSSR count). The molecule has 0 aliphatic heterocycles. The van der Waals surface area contributed by atoms with Gasteiger partial charge < -0.3 is 14.6 Å². The highest BCUT2D eigenvalue weighted by Gasteiger charge is 2.21. The lowest BCUT2D eigenvalue weighted by Gasteiger charge is -2.08. The Labute approximate surface area is 71.5 Å². The van der Waals surface area contributed by atoms with Crippen LogP contribution in [-0.4, -0.2) is 30.6 Å². The topological polar surface area (TPSA) is 55.8 Å². The summed E-state index contributed by atoms with van der Waals surface area (Å²) in [6, 6.07) is 0. The van der Waals surface area contributed by atoms with Crippen LogP contribution in [-0.2, 0) is 14.3 Å². The van der Waals surface area contributed by atoms with Crippen molar-refractivity contribution in [2.45, 2.75) is 25.9 Å². The second-order valence-electron chi connectivity index (χ2n) is 3.08. The monoisotopic (exact) mass is 174 g/mol. The van der Waals surface area contributed by atoms with E-state index in [0.717, 1.165) is 0 Å². The van der Waals surface area contributed by atoms with Gasteiger partial charge in [0.25, 0.3) is 0 Å². The van der Waals surface area contributed by atoms with Crippen LogP contribution >= 0.6 is 0 Å². The maximum Gasteiger partial charge on any atom is 0.332 e. The summed E-state index contributed by atoms with van der Waals surface area (Å²) >= 11 is 0. The van der Waals surface area contributed by atoms with E-state index in [-0.39, 0.29) is 6.79 Å². The molecule has 0 spiro atoms. The summed E-state index contributed by atoms with van der Waals surface area (Å²) < 4.78 is 9.95. The molecule has 0 aromatic heterocycles. The first-order valence-electron chi connectivity index (χ1n) is 4.12. The predicted octanol–water partition coefficient (Wildman–Crippen LogP) is 0.860. The molecule has 4 heteroatoms. The van der Waals surface area contributed by atoms with Crippen LogP contribution in [0.4, 0.5) is 0 Å². The molecule has 0 saturated heterocycles. The largest absolute Gasteiger partial charge is 0.479 e. The van der Waals surface area contributed by atoms with E-state index < -0.39 is 12.1 Å².